The lowest BCUT2D eigenvalue weighted by atomic mass is 10.0. The summed E-state index contributed by atoms with van der Waals surface area (Å²) in [5.41, 5.74) is 2.80. The van der Waals surface area contributed by atoms with Gasteiger partial charge in [-0.15, -0.1) is 0 Å². The summed E-state index contributed by atoms with van der Waals surface area (Å²) < 4.78 is 48.4. The van der Waals surface area contributed by atoms with Crippen LogP contribution in [-0.2, 0) is 29.7 Å². The zero-order valence-corrected chi connectivity index (χ0v) is 36.1. The van der Waals surface area contributed by atoms with E-state index in [1.807, 2.05) is 16.7 Å². The maximum absolute atomic E-state index is 16.6. The number of hydrogen-bond donors (Lipinski definition) is 4. The van der Waals surface area contributed by atoms with Gasteiger partial charge in [-0.25, -0.2) is 19.6 Å². The number of carbonyl (C=O) groups is 4. The molecule has 4 amide bonds. The molecule has 9 rings (SSSR count). The number of alkyl carbamates (subject to hydrolysis) is 2. The molecule has 2 unspecified atom stereocenters. The Balaban J connectivity index is 0.958. The van der Waals surface area contributed by atoms with Crippen molar-refractivity contribution < 1.29 is 42.2 Å². The van der Waals surface area contributed by atoms with Crippen molar-refractivity contribution >= 4 is 24.0 Å². The molecule has 3 aliphatic carbocycles. The van der Waals surface area contributed by atoms with Crippen molar-refractivity contribution in [2.24, 2.45) is 11.8 Å². The van der Waals surface area contributed by atoms with E-state index in [0.717, 1.165) is 44.9 Å². The van der Waals surface area contributed by atoms with Crippen molar-refractivity contribution in [3.63, 3.8) is 0 Å². The zero-order chi connectivity index (χ0) is 44.3. The van der Waals surface area contributed by atoms with Crippen LogP contribution >= 0.6 is 0 Å². The number of ether oxygens (including phenoxy) is 3. The molecule has 4 aromatic rings. The first-order valence-electron chi connectivity index (χ1n) is 22.0. The molecule has 2 saturated carbocycles. The molecule has 0 bridgehead atoms. The third-order valence-corrected chi connectivity index (χ3v) is 14.4. The summed E-state index contributed by atoms with van der Waals surface area (Å²) in [5.74, 6) is -2.10. The molecule has 17 heteroatoms. The number of hydrogen-bond acceptors (Lipinski definition) is 9. The number of nitrogens with zero attached hydrogens (tertiary/aromatic N) is 4. The summed E-state index contributed by atoms with van der Waals surface area (Å²) >= 11 is 0. The van der Waals surface area contributed by atoms with E-state index in [9.17, 15) is 19.2 Å². The van der Waals surface area contributed by atoms with Crippen LogP contribution in [0.15, 0.2) is 48.8 Å². The third-order valence-electron chi connectivity index (χ3n) is 14.4. The maximum atomic E-state index is 16.6. The fourth-order valence-electron chi connectivity index (χ4n) is 11.1. The van der Waals surface area contributed by atoms with E-state index in [-0.39, 0.29) is 47.0 Å². The van der Waals surface area contributed by atoms with Crippen molar-refractivity contribution in [3.8, 4) is 33.6 Å². The number of likely N-dealkylation sites (tertiary alicyclic amines) is 2. The van der Waals surface area contributed by atoms with Crippen LogP contribution in [0.5, 0.6) is 0 Å². The molecule has 2 aromatic carbocycles. The largest absolute Gasteiger partial charge is 0.453 e. The van der Waals surface area contributed by atoms with Crippen molar-refractivity contribution in [1.82, 2.24) is 40.4 Å². The minimum absolute atomic E-state index is 0.0286. The highest BCUT2D eigenvalue weighted by atomic mass is 19.3. The van der Waals surface area contributed by atoms with Crippen molar-refractivity contribution in [3.05, 3.63) is 71.6 Å². The van der Waals surface area contributed by atoms with Gasteiger partial charge in [-0.05, 0) is 87.0 Å². The van der Waals surface area contributed by atoms with Gasteiger partial charge >= 0.3 is 12.2 Å². The molecule has 2 aliphatic heterocycles. The number of amides is 4. The highest BCUT2D eigenvalue weighted by molar-refractivity contribution is 5.88. The van der Waals surface area contributed by atoms with Gasteiger partial charge < -0.3 is 44.6 Å². The Morgan fingerprint density at radius 2 is 1.25 bits per heavy atom. The topological polar surface area (TPSA) is 184 Å². The van der Waals surface area contributed by atoms with Crippen molar-refractivity contribution in [2.75, 3.05) is 21.3 Å². The quantitative estimate of drug-likeness (QED) is 0.120. The highest BCUT2D eigenvalue weighted by Crippen LogP contribution is 2.54. The average Bonchev–Trinajstić information content (AvgIpc) is 4.16. The van der Waals surface area contributed by atoms with Gasteiger partial charge in [0.1, 0.15) is 23.7 Å². The Morgan fingerprint density at radius 1 is 0.762 bits per heavy atom. The standard InChI is InChI=1S/C46H54F2N8O7/c1-6-32(53-44(59)62-4)42(57)55-35-11-7-9-26(35)19-37(55)40-49-21-33(51-40)24-13-15-28-29-16-14-25(18-31(29)46(47,48)30(28)17-24)34-22-50-41(52-34)38-20-27-10-8-12-36(27)56(38)43(58)39(23(2)61-3)54-45(60)63-5/h13-18,21-23,26-27,32,35-39H,6-12,19-20H2,1-5H3,(H,49,51)(H,50,52)(H,53,59)(H,54,60)/t23-,26?,27+,32+,35?,36+,37+,38+,39+/m1/s1. The average molecular weight is 869 g/mol. The lowest BCUT2D eigenvalue weighted by Crippen LogP contribution is -2.55. The number of nitrogens with one attached hydrogen (secondary N) is 4. The first-order chi connectivity index (χ1) is 30.4. The molecule has 0 radical (unpaired) electrons. The van der Waals surface area contributed by atoms with Crippen LogP contribution in [0.3, 0.4) is 0 Å². The number of halogens is 2. The van der Waals surface area contributed by atoms with Gasteiger partial charge in [0.2, 0.25) is 11.8 Å². The maximum Gasteiger partial charge on any atom is 0.407 e. The van der Waals surface area contributed by atoms with E-state index < -0.39 is 42.3 Å². The Bertz CT molecular complexity index is 2420. The molecule has 9 atom stereocenters. The zero-order valence-electron chi connectivity index (χ0n) is 36.1. The molecule has 63 heavy (non-hydrogen) atoms. The van der Waals surface area contributed by atoms with E-state index in [1.54, 1.807) is 43.6 Å². The van der Waals surface area contributed by atoms with E-state index in [2.05, 4.69) is 20.6 Å². The fraction of sp³-hybridized carbons (Fsp3) is 0.522. The van der Waals surface area contributed by atoms with Gasteiger partial charge in [0.05, 0.1) is 56.2 Å². The lowest BCUT2D eigenvalue weighted by molar-refractivity contribution is -0.140. The van der Waals surface area contributed by atoms with Crippen LogP contribution in [-0.4, -0.2) is 105 Å². The van der Waals surface area contributed by atoms with Crippen LogP contribution in [0.1, 0.15) is 106 Å². The number of aromatic nitrogens is 4. The third kappa shape index (κ3) is 7.31. The first kappa shape index (κ1) is 42.5. The molecule has 4 heterocycles. The Morgan fingerprint density at radius 3 is 1.73 bits per heavy atom. The fourth-order valence-corrected chi connectivity index (χ4v) is 11.1. The number of methoxy groups -OCH3 is 3. The number of aromatic amines is 2. The Hall–Kier alpha value is -5.84. The van der Waals surface area contributed by atoms with Gasteiger partial charge in [0.25, 0.3) is 5.92 Å². The molecule has 4 fully saturated rings. The summed E-state index contributed by atoms with van der Waals surface area (Å²) in [7, 11) is 3.98. The van der Waals surface area contributed by atoms with Gasteiger partial charge in [0, 0.05) is 41.4 Å². The number of benzene rings is 2. The van der Waals surface area contributed by atoms with Gasteiger partial charge in [0.15, 0.2) is 0 Å². The number of alkyl halides is 2. The number of H-pyrrole nitrogens is 2. The molecular formula is C46H54F2N8O7. The summed E-state index contributed by atoms with van der Waals surface area (Å²) in [6, 6.07) is 7.54. The number of fused-ring (bicyclic) bond motifs is 5. The smallest absolute Gasteiger partial charge is 0.407 e. The summed E-state index contributed by atoms with van der Waals surface area (Å²) in [5, 5.41) is 5.33. The van der Waals surface area contributed by atoms with Crippen LogP contribution < -0.4 is 10.6 Å². The van der Waals surface area contributed by atoms with Gasteiger partial charge in [-0.3, -0.25) is 9.59 Å². The van der Waals surface area contributed by atoms with Crippen LogP contribution in [0.4, 0.5) is 18.4 Å². The van der Waals surface area contributed by atoms with E-state index in [4.69, 9.17) is 24.2 Å². The molecule has 334 valence electrons. The van der Waals surface area contributed by atoms with Crippen LogP contribution in [0, 0.1) is 11.8 Å². The molecule has 0 spiro atoms. The summed E-state index contributed by atoms with van der Waals surface area (Å²) in [6.07, 6.45) is 8.67. The minimum atomic E-state index is -3.32. The van der Waals surface area contributed by atoms with E-state index in [0.29, 0.717) is 64.1 Å². The van der Waals surface area contributed by atoms with Gasteiger partial charge in [-0.1, -0.05) is 44.0 Å². The number of imidazole rings is 2. The predicted molar refractivity (Wildman–Crippen MR) is 226 cm³/mol. The molecular weight excluding hydrogens is 815 g/mol. The SMILES string of the molecule is CC[C@H](NC(=O)OC)C(=O)N1C2CCCC2C[C@H]1c1ncc(-c2ccc3c(c2)C(F)(F)c2cc(-c4cnc([C@@H]5C[C@@H]6CCC[C@@H]6N5C(=O)[C@@H](NC(=O)OC)[C@@H](C)OC)[nH]4)ccc2-3)[nH]1. The normalized spacial score (nSPS) is 25.4. The molecule has 2 saturated heterocycles. The minimum Gasteiger partial charge on any atom is -0.453 e. The molecule has 4 N–H and O–H groups in total. The predicted octanol–water partition coefficient (Wildman–Crippen LogP) is 7.37. The monoisotopic (exact) mass is 868 g/mol. The lowest BCUT2D eigenvalue weighted by Gasteiger charge is -2.34. The Kier molecular flexibility index (Phi) is 11.3. The van der Waals surface area contributed by atoms with Crippen LogP contribution in [0.2, 0.25) is 0 Å². The second kappa shape index (κ2) is 16.7. The summed E-state index contributed by atoms with van der Waals surface area (Å²) in [4.78, 5) is 72.4. The van der Waals surface area contributed by atoms with E-state index >= 15 is 8.78 Å². The second-order valence-electron chi connectivity index (χ2n) is 17.6. The Labute approximate surface area is 364 Å². The van der Waals surface area contributed by atoms with Crippen LogP contribution in [0.25, 0.3) is 33.6 Å². The number of carbonyl (C=O) groups excluding carboxylic acids is 4. The van der Waals surface area contributed by atoms with Crippen molar-refractivity contribution in [1.29, 1.82) is 0 Å². The van der Waals surface area contributed by atoms with Crippen molar-refractivity contribution in [2.45, 2.75) is 120 Å². The summed E-state index contributed by atoms with van der Waals surface area (Å²) in [6.45, 7) is 3.55. The molecule has 15 nitrogen and oxygen atoms in total. The molecule has 2 aromatic heterocycles. The number of rotatable bonds is 11. The molecule has 5 aliphatic rings. The second-order valence-corrected chi connectivity index (χ2v) is 17.6. The van der Waals surface area contributed by atoms with Gasteiger partial charge in [-0.2, -0.15) is 8.78 Å². The highest BCUT2D eigenvalue weighted by Gasteiger charge is 2.51. The first-order valence-corrected chi connectivity index (χ1v) is 22.0. The van der Waals surface area contributed by atoms with E-state index in [1.165, 1.54) is 33.5 Å².